The second-order valence-corrected chi connectivity index (χ2v) is 6.38. The van der Waals surface area contributed by atoms with E-state index in [0.717, 1.165) is 23.5 Å². The number of ether oxygens (including phenoxy) is 2. The number of carbonyl (C=O) groups excluding carboxylic acids is 2. The molecule has 0 unspecified atom stereocenters. The van der Waals surface area contributed by atoms with Crippen molar-refractivity contribution in [2.45, 2.75) is 40.5 Å². The van der Waals surface area contributed by atoms with Crippen LogP contribution in [0.5, 0.6) is 5.75 Å². The summed E-state index contributed by atoms with van der Waals surface area (Å²) in [6.07, 6.45) is 0. The van der Waals surface area contributed by atoms with Gasteiger partial charge in [-0.1, -0.05) is 12.1 Å². The summed E-state index contributed by atoms with van der Waals surface area (Å²) >= 11 is 0. The molecule has 1 amide bonds. The van der Waals surface area contributed by atoms with E-state index in [1.54, 1.807) is 25.2 Å². The van der Waals surface area contributed by atoms with Gasteiger partial charge in [0.05, 0.1) is 5.56 Å². The minimum absolute atomic E-state index is 0.0475. The van der Waals surface area contributed by atoms with E-state index in [1.165, 1.54) is 17.0 Å². The van der Waals surface area contributed by atoms with E-state index in [-0.39, 0.29) is 24.8 Å². The lowest BCUT2D eigenvalue weighted by atomic mass is 10.2. The maximum atomic E-state index is 12.3. The number of hydrogen-bond acceptors (Lipinski definition) is 4. The predicted octanol–water partition coefficient (Wildman–Crippen LogP) is 3.54. The number of amides is 1. The van der Waals surface area contributed by atoms with Gasteiger partial charge in [0, 0.05) is 31.5 Å². The van der Waals surface area contributed by atoms with E-state index >= 15 is 0 Å². The first-order valence-corrected chi connectivity index (χ1v) is 8.84. The van der Waals surface area contributed by atoms with Crippen LogP contribution in [0.3, 0.4) is 0 Å². The molecule has 1 aromatic heterocycles. The lowest BCUT2D eigenvalue weighted by molar-refractivity contribution is -0.133. The molecule has 0 saturated heterocycles. The molecule has 0 aliphatic carbocycles. The Balaban J connectivity index is 1.89. The van der Waals surface area contributed by atoms with Crippen molar-refractivity contribution in [3.8, 4) is 5.75 Å². The molecule has 0 aliphatic heterocycles. The van der Waals surface area contributed by atoms with Crippen LogP contribution in [0.15, 0.2) is 30.3 Å². The molecule has 28 heavy (non-hydrogen) atoms. The Labute approximate surface area is 162 Å². The Morgan fingerprint density at radius 3 is 2.36 bits per heavy atom. The molecule has 152 valence electrons. The van der Waals surface area contributed by atoms with Crippen molar-refractivity contribution in [3.05, 3.63) is 52.8 Å². The number of aromatic nitrogens is 1. The first kappa shape index (κ1) is 21.4. The fraction of sp³-hybridized carbons (Fsp3) is 0.400. The molecule has 0 N–H and O–H groups in total. The highest BCUT2D eigenvalue weighted by Crippen LogP contribution is 2.17. The van der Waals surface area contributed by atoms with Crippen LogP contribution in [0.2, 0.25) is 0 Å². The number of esters is 1. The molecule has 2 aromatic rings. The largest absolute Gasteiger partial charge is 0.452 e. The van der Waals surface area contributed by atoms with Crippen molar-refractivity contribution < 1.29 is 27.8 Å². The third-order valence-electron chi connectivity index (χ3n) is 4.43. The van der Waals surface area contributed by atoms with E-state index in [4.69, 9.17) is 4.74 Å². The lowest BCUT2D eigenvalue weighted by Crippen LogP contribution is -2.30. The van der Waals surface area contributed by atoms with Gasteiger partial charge in [0.2, 0.25) is 0 Å². The van der Waals surface area contributed by atoms with Crippen LogP contribution in [-0.2, 0) is 22.6 Å². The number of rotatable bonds is 8. The summed E-state index contributed by atoms with van der Waals surface area (Å²) in [6.45, 7) is 3.46. The number of aryl methyl sites for hydroxylation is 1. The third-order valence-corrected chi connectivity index (χ3v) is 4.43. The number of carbonyl (C=O) groups is 2. The Hall–Kier alpha value is -2.90. The van der Waals surface area contributed by atoms with E-state index in [9.17, 15) is 18.4 Å². The number of halogens is 2. The second-order valence-electron chi connectivity index (χ2n) is 6.38. The van der Waals surface area contributed by atoms with Crippen molar-refractivity contribution in [1.29, 1.82) is 0 Å². The average Bonchev–Trinajstić information content (AvgIpc) is 2.94. The van der Waals surface area contributed by atoms with E-state index < -0.39 is 12.6 Å². The molecule has 0 fully saturated rings. The predicted molar refractivity (Wildman–Crippen MR) is 99.4 cm³/mol. The van der Waals surface area contributed by atoms with Gasteiger partial charge in [-0.2, -0.15) is 8.78 Å². The summed E-state index contributed by atoms with van der Waals surface area (Å²) in [6, 6.07) is 7.74. The number of benzene rings is 1. The minimum Gasteiger partial charge on any atom is -0.452 e. The maximum Gasteiger partial charge on any atom is 0.387 e. The molecule has 1 heterocycles. The molecule has 6 nitrogen and oxygen atoms in total. The summed E-state index contributed by atoms with van der Waals surface area (Å²) in [4.78, 5) is 25.9. The Kier molecular flexibility index (Phi) is 7.14. The van der Waals surface area contributed by atoms with Crippen LogP contribution in [0, 0.1) is 13.8 Å². The molecule has 0 aliphatic rings. The summed E-state index contributed by atoms with van der Waals surface area (Å²) < 4.78 is 35.8. The standard InChI is InChI=1S/C20H24F2N2O4/c1-5-24-13(2)10-17(14(24)3)19(26)27-12-18(25)23(4)11-15-6-8-16(9-7-15)28-20(21)22/h6-10,20H,5,11-12H2,1-4H3. The van der Waals surface area contributed by atoms with E-state index in [0.29, 0.717) is 5.56 Å². The fourth-order valence-electron chi connectivity index (χ4n) is 2.95. The Morgan fingerprint density at radius 1 is 1.18 bits per heavy atom. The highest BCUT2D eigenvalue weighted by atomic mass is 19.3. The molecular weight excluding hydrogens is 370 g/mol. The van der Waals surface area contributed by atoms with Gasteiger partial charge in [-0.05, 0) is 44.5 Å². The summed E-state index contributed by atoms with van der Waals surface area (Å²) in [7, 11) is 1.57. The smallest absolute Gasteiger partial charge is 0.387 e. The molecule has 0 atom stereocenters. The van der Waals surface area contributed by atoms with Gasteiger partial charge in [-0.3, -0.25) is 4.79 Å². The molecule has 0 spiro atoms. The SMILES string of the molecule is CCn1c(C)cc(C(=O)OCC(=O)N(C)Cc2ccc(OC(F)F)cc2)c1C. The molecule has 0 radical (unpaired) electrons. The number of alkyl halides is 2. The fourth-order valence-corrected chi connectivity index (χ4v) is 2.95. The van der Waals surface area contributed by atoms with E-state index in [1.807, 2.05) is 25.3 Å². The van der Waals surface area contributed by atoms with Crippen molar-refractivity contribution >= 4 is 11.9 Å². The van der Waals surface area contributed by atoms with Crippen molar-refractivity contribution in [1.82, 2.24) is 9.47 Å². The summed E-state index contributed by atoms with van der Waals surface area (Å²) in [5.41, 5.74) is 2.94. The second kappa shape index (κ2) is 9.34. The molecule has 8 heteroatoms. The van der Waals surface area contributed by atoms with Gasteiger partial charge in [0.15, 0.2) is 6.61 Å². The van der Waals surface area contributed by atoms with Crippen LogP contribution >= 0.6 is 0 Å². The van der Waals surface area contributed by atoms with Gasteiger partial charge < -0.3 is 18.9 Å². The highest BCUT2D eigenvalue weighted by molar-refractivity contribution is 5.92. The van der Waals surface area contributed by atoms with Crippen LogP contribution in [-0.4, -0.2) is 41.6 Å². The zero-order chi connectivity index (χ0) is 20.8. The normalized spacial score (nSPS) is 10.8. The highest BCUT2D eigenvalue weighted by Gasteiger charge is 2.18. The molecule has 0 bridgehead atoms. The van der Waals surface area contributed by atoms with Crippen molar-refractivity contribution in [3.63, 3.8) is 0 Å². The summed E-state index contributed by atoms with van der Waals surface area (Å²) in [5.74, 6) is -0.861. The van der Waals surface area contributed by atoms with Gasteiger partial charge in [0.1, 0.15) is 5.75 Å². The zero-order valence-corrected chi connectivity index (χ0v) is 16.4. The van der Waals surface area contributed by atoms with Crippen molar-refractivity contribution in [2.24, 2.45) is 0 Å². The molecule has 2 rings (SSSR count). The Morgan fingerprint density at radius 2 is 1.82 bits per heavy atom. The average molecular weight is 394 g/mol. The minimum atomic E-state index is -2.88. The van der Waals surface area contributed by atoms with Gasteiger partial charge in [0.25, 0.3) is 5.91 Å². The molecule has 1 aromatic carbocycles. The Bertz CT molecular complexity index is 831. The number of nitrogens with zero attached hydrogens (tertiary/aromatic N) is 2. The first-order valence-electron chi connectivity index (χ1n) is 8.84. The molecular formula is C20H24F2N2O4. The van der Waals surface area contributed by atoms with E-state index in [2.05, 4.69) is 4.74 Å². The monoisotopic (exact) mass is 394 g/mol. The van der Waals surface area contributed by atoms with Gasteiger partial charge >= 0.3 is 12.6 Å². The number of likely N-dealkylation sites (N-methyl/N-ethyl adjacent to an activating group) is 1. The first-order chi connectivity index (χ1) is 13.2. The van der Waals surface area contributed by atoms with Crippen LogP contribution < -0.4 is 4.74 Å². The van der Waals surface area contributed by atoms with Crippen LogP contribution in [0.25, 0.3) is 0 Å². The summed E-state index contributed by atoms with van der Waals surface area (Å²) in [5, 5.41) is 0. The topological polar surface area (TPSA) is 60.8 Å². The third kappa shape index (κ3) is 5.31. The molecule has 0 saturated carbocycles. The van der Waals surface area contributed by atoms with Crippen LogP contribution in [0.1, 0.15) is 34.2 Å². The van der Waals surface area contributed by atoms with Crippen LogP contribution in [0.4, 0.5) is 8.78 Å². The maximum absolute atomic E-state index is 12.3. The number of hydrogen-bond donors (Lipinski definition) is 0. The van der Waals surface area contributed by atoms with Crippen molar-refractivity contribution in [2.75, 3.05) is 13.7 Å². The zero-order valence-electron chi connectivity index (χ0n) is 16.4. The lowest BCUT2D eigenvalue weighted by Gasteiger charge is -2.17. The quantitative estimate of drug-likeness (QED) is 0.643. The van der Waals surface area contributed by atoms with Gasteiger partial charge in [-0.25, -0.2) is 4.79 Å². The van der Waals surface area contributed by atoms with Gasteiger partial charge in [-0.15, -0.1) is 0 Å².